The number of rotatable bonds is 0. The molecule has 0 rings (SSSR count). The summed E-state index contributed by atoms with van der Waals surface area (Å²) < 4.78 is 8.72. The Morgan fingerprint density at radius 1 is 1.80 bits per heavy atom. The van der Waals surface area contributed by atoms with Crippen LogP contribution in [0.25, 0.3) is 0 Å². The topological polar surface area (TPSA) is 17.1 Å². The molecule has 0 fully saturated rings. The van der Waals surface area contributed by atoms with Crippen LogP contribution in [0.15, 0.2) is 0 Å². The maximum Gasteiger partial charge on any atom is 1.00 e. The van der Waals surface area contributed by atoms with Crippen molar-refractivity contribution in [2.45, 2.75) is 0 Å². The molecule has 0 spiro atoms. The fourth-order valence-electron chi connectivity index (χ4n) is 0. The molecule has 0 aliphatic rings. The number of hydrogen-bond acceptors (Lipinski definition) is 2. The maximum absolute atomic E-state index is 8.72. The minimum atomic E-state index is -0.250. The summed E-state index contributed by atoms with van der Waals surface area (Å²) in [7, 11) is -0.250. The predicted molar refractivity (Wildman–Crippen MR) is 27.4 cm³/mol. The van der Waals surface area contributed by atoms with Gasteiger partial charge in [-0.15, -0.1) is 0 Å². The minimum Gasteiger partial charge on any atom is -1.00 e. The van der Waals surface area contributed by atoms with E-state index < -0.39 is 0 Å². The van der Waals surface area contributed by atoms with Crippen LogP contribution < -0.4 is 18.9 Å². The van der Waals surface area contributed by atoms with Crippen molar-refractivity contribution in [3.63, 3.8) is 0 Å². The standard InChI is InChI=1S/GeH4.Li.OPS.H/c;;1-2-3;/h1H4;;;/q;2*+1;-1. The van der Waals surface area contributed by atoms with Crippen LogP contribution in [0.2, 0.25) is 0 Å². The van der Waals surface area contributed by atoms with Gasteiger partial charge >= 0.3 is 60.1 Å². The van der Waals surface area contributed by atoms with Gasteiger partial charge in [0.05, 0.1) is 0 Å². The fraction of sp³-hybridized carbons (Fsp3) is 0. The molecule has 0 aliphatic carbocycles. The third kappa shape index (κ3) is 28.5. The van der Waals surface area contributed by atoms with E-state index in [1.807, 2.05) is 0 Å². The van der Waals surface area contributed by atoms with E-state index in [4.69, 9.17) is 4.57 Å². The van der Waals surface area contributed by atoms with Gasteiger partial charge < -0.3 is 1.43 Å². The normalized spacial score (nSPS) is 2.40. The molecule has 26 valence electrons. The van der Waals surface area contributed by atoms with Gasteiger partial charge in [-0.1, -0.05) is 0 Å². The predicted octanol–water partition coefficient (Wildman–Crippen LogP) is -3.60. The van der Waals surface area contributed by atoms with Gasteiger partial charge in [-0.25, -0.2) is 0 Å². The molecule has 0 heterocycles. The zero-order chi connectivity index (χ0) is 2.71. The van der Waals surface area contributed by atoms with E-state index in [0.717, 1.165) is 0 Å². The van der Waals surface area contributed by atoms with Crippen molar-refractivity contribution in [1.82, 2.24) is 0 Å². The molecule has 1 nitrogen and oxygen atoms in total. The van der Waals surface area contributed by atoms with Crippen molar-refractivity contribution in [1.29, 1.82) is 0 Å². The van der Waals surface area contributed by atoms with E-state index in [1.165, 1.54) is 0 Å². The van der Waals surface area contributed by atoms with Crippen LogP contribution in [0.4, 0.5) is 0 Å². The molecule has 0 amide bonds. The third-order valence-electron chi connectivity index (χ3n) is 0. The van der Waals surface area contributed by atoms with Gasteiger partial charge in [0.2, 0.25) is 0 Å². The van der Waals surface area contributed by atoms with E-state index in [1.54, 1.807) is 0 Å². The van der Waals surface area contributed by atoms with Crippen LogP contribution in [0.1, 0.15) is 1.43 Å². The van der Waals surface area contributed by atoms with Gasteiger partial charge in [-0.05, 0) is 0 Å². The molecule has 5 heteroatoms. The van der Waals surface area contributed by atoms with Crippen LogP contribution in [0, 0.1) is 0 Å². The first-order chi connectivity index (χ1) is 1.41. The molecule has 0 aromatic rings. The monoisotopic (exact) mass is 165 g/mol. The maximum atomic E-state index is 8.72. The Labute approximate surface area is 61.4 Å². The summed E-state index contributed by atoms with van der Waals surface area (Å²) >= 11 is 3.81. The number of hydrogen-bond donors (Lipinski definition) is 0. The molecule has 0 saturated carbocycles. The SMILES string of the molecule is O=[P+]=S.[GeH4].[H-].[Li+]. The average Bonchev–Trinajstić information content (AvgIpc) is 0.918. The molecule has 0 N–H and O–H groups in total. The Hall–Kier alpha value is 1.59. The van der Waals surface area contributed by atoms with Crippen LogP contribution in [-0.4, -0.2) is 17.6 Å². The first-order valence-electron chi connectivity index (χ1n) is 0.365. The van der Waals surface area contributed by atoms with Gasteiger partial charge in [0, 0.05) is 0 Å². The molecule has 5 heavy (non-hydrogen) atoms. The summed E-state index contributed by atoms with van der Waals surface area (Å²) in [4.78, 5) is 0. The second-order valence-corrected chi connectivity index (χ2v) is 0.671. The van der Waals surface area contributed by atoms with Crippen molar-refractivity contribution >= 4 is 36.6 Å². The van der Waals surface area contributed by atoms with Crippen LogP contribution >= 0.6 is 7.24 Å². The molecule has 0 saturated heterocycles. The van der Waals surface area contributed by atoms with E-state index in [2.05, 4.69) is 11.8 Å². The van der Waals surface area contributed by atoms with E-state index in [-0.39, 0.29) is 45.1 Å². The van der Waals surface area contributed by atoms with E-state index >= 15 is 0 Å². The van der Waals surface area contributed by atoms with Crippen LogP contribution in [0.3, 0.4) is 0 Å². The Balaban J connectivity index is -0.00000000667. The molecule has 0 atom stereocenters. The zero-order valence-corrected chi connectivity index (χ0v) is 3.97. The molecule has 0 aromatic heterocycles. The second-order valence-electron chi connectivity index (χ2n) is 0.0745. The van der Waals surface area contributed by atoms with Gasteiger partial charge in [0.25, 0.3) is 0 Å². The first-order valence-corrected chi connectivity index (χ1v) is 2.19. The molecule has 0 aromatic carbocycles. The van der Waals surface area contributed by atoms with Gasteiger partial charge in [-0.2, -0.15) is 0 Å². The minimum absolute atomic E-state index is 0. The van der Waals surface area contributed by atoms with Gasteiger partial charge in [-0.3, -0.25) is 0 Å². The summed E-state index contributed by atoms with van der Waals surface area (Å²) in [5.41, 5.74) is 0. The molecular weight excluding hydrogens is 159 g/mol. The summed E-state index contributed by atoms with van der Waals surface area (Å²) in [6, 6.07) is 0. The summed E-state index contributed by atoms with van der Waals surface area (Å²) in [5, 5.41) is 0. The molecule has 0 unspecified atom stereocenters. The quantitative estimate of drug-likeness (QED) is 0.271. The van der Waals surface area contributed by atoms with E-state index in [9.17, 15) is 0 Å². The average molecular weight is 164 g/mol. The van der Waals surface area contributed by atoms with E-state index in [0.29, 0.717) is 0 Å². The van der Waals surface area contributed by atoms with Crippen molar-refractivity contribution in [2.24, 2.45) is 0 Å². The molecule has 0 bridgehead atoms. The second kappa shape index (κ2) is 17.6. The smallest absolute Gasteiger partial charge is 1.00 e. The summed E-state index contributed by atoms with van der Waals surface area (Å²) in [6.45, 7) is 0. The van der Waals surface area contributed by atoms with Crippen molar-refractivity contribution in [3.05, 3.63) is 0 Å². The van der Waals surface area contributed by atoms with Crippen LogP contribution in [-0.2, 0) is 16.4 Å². The van der Waals surface area contributed by atoms with Gasteiger partial charge in [0.15, 0.2) is 0 Å². The molecular formula is H5GeLiOPS+. The zero-order valence-electron chi connectivity index (χ0n) is 3.26. The fourth-order valence-corrected chi connectivity index (χ4v) is 0. The van der Waals surface area contributed by atoms with Gasteiger partial charge in [0.1, 0.15) is 0 Å². The molecule has 0 radical (unpaired) electrons. The Morgan fingerprint density at radius 3 is 1.80 bits per heavy atom. The summed E-state index contributed by atoms with van der Waals surface area (Å²) in [5.74, 6) is 0. The van der Waals surface area contributed by atoms with Crippen molar-refractivity contribution < 1.29 is 24.9 Å². The first kappa shape index (κ1) is 16.0. The van der Waals surface area contributed by atoms with Crippen molar-refractivity contribution in [3.8, 4) is 0 Å². The largest absolute Gasteiger partial charge is 1.00 e. The summed E-state index contributed by atoms with van der Waals surface area (Å²) in [6.07, 6.45) is 0. The molecule has 0 aliphatic heterocycles. The Bertz CT molecular complexity index is 36.5. The third-order valence-corrected chi connectivity index (χ3v) is 0. The van der Waals surface area contributed by atoms with Crippen LogP contribution in [0.5, 0.6) is 0 Å². The van der Waals surface area contributed by atoms with Crippen molar-refractivity contribution in [2.75, 3.05) is 0 Å². The Morgan fingerprint density at radius 2 is 1.80 bits per heavy atom. The Kier molecular flexibility index (Phi) is 56.1.